The smallest absolute Gasteiger partial charge is 0.180 e. The topological polar surface area (TPSA) is 34.1 Å². The van der Waals surface area contributed by atoms with E-state index in [1.54, 1.807) is 38.1 Å². The fraction of sp³-hybridized carbons (Fsp3) is 0.333. The molecular weight excluding hydrogens is 240 g/mol. The highest BCUT2D eigenvalue weighted by atomic mass is 32.2. The van der Waals surface area contributed by atoms with Crippen molar-refractivity contribution in [1.82, 2.24) is 0 Å². The molecule has 0 amide bonds. The lowest BCUT2D eigenvalue weighted by Gasteiger charge is -2.07. The predicted octanol–water partition coefficient (Wildman–Crippen LogP) is 2.15. The lowest BCUT2D eigenvalue weighted by atomic mass is 10.2. The van der Waals surface area contributed by atoms with Crippen LogP contribution in [-0.4, -0.2) is 19.4 Å². The molecule has 0 unspecified atom stereocenters. The SMILES string of the molecule is CC(C)S(=O)(=O)c1cccc(C#CCS)c1. The van der Waals surface area contributed by atoms with Crippen molar-refractivity contribution in [3.63, 3.8) is 0 Å². The molecule has 1 aromatic carbocycles. The van der Waals surface area contributed by atoms with Gasteiger partial charge in [0.2, 0.25) is 0 Å². The molecule has 0 atom stereocenters. The van der Waals surface area contributed by atoms with Crippen LogP contribution in [0.1, 0.15) is 19.4 Å². The summed E-state index contributed by atoms with van der Waals surface area (Å²) in [6, 6.07) is 6.69. The quantitative estimate of drug-likeness (QED) is 0.648. The molecule has 86 valence electrons. The Hall–Kier alpha value is -0.920. The maximum atomic E-state index is 11.9. The first-order chi connectivity index (χ1) is 7.48. The third-order valence-electron chi connectivity index (χ3n) is 2.09. The number of thiol groups is 1. The van der Waals surface area contributed by atoms with Gasteiger partial charge in [-0.1, -0.05) is 17.9 Å². The van der Waals surface area contributed by atoms with Gasteiger partial charge in [-0.2, -0.15) is 12.6 Å². The minimum Gasteiger partial charge on any atom is -0.223 e. The first kappa shape index (κ1) is 13.1. The zero-order chi connectivity index (χ0) is 12.2. The van der Waals surface area contributed by atoms with Crippen molar-refractivity contribution in [2.75, 3.05) is 5.75 Å². The molecule has 1 aromatic rings. The maximum Gasteiger partial charge on any atom is 0.180 e. The van der Waals surface area contributed by atoms with Gasteiger partial charge in [0.1, 0.15) is 0 Å². The van der Waals surface area contributed by atoms with Gasteiger partial charge in [-0.05, 0) is 32.0 Å². The summed E-state index contributed by atoms with van der Waals surface area (Å²) < 4.78 is 23.8. The summed E-state index contributed by atoms with van der Waals surface area (Å²) in [5, 5.41) is -0.416. The Morgan fingerprint density at radius 3 is 2.62 bits per heavy atom. The fourth-order valence-corrected chi connectivity index (χ4v) is 2.35. The second-order valence-electron chi connectivity index (χ2n) is 3.58. The largest absolute Gasteiger partial charge is 0.223 e. The van der Waals surface area contributed by atoms with Crippen molar-refractivity contribution in [1.29, 1.82) is 0 Å². The Bertz CT molecular complexity index is 519. The Balaban J connectivity index is 3.18. The molecule has 0 saturated heterocycles. The van der Waals surface area contributed by atoms with E-state index >= 15 is 0 Å². The summed E-state index contributed by atoms with van der Waals surface area (Å²) in [5.41, 5.74) is 0.704. The minimum atomic E-state index is -3.21. The molecule has 0 saturated carbocycles. The van der Waals surface area contributed by atoms with Crippen LogP contribution >= 0.6 is 12.6 Å². The molecule has 1 rings (SSSR count). The highest BCUT2D eigenvalue weighted by Crippen LogP contribution is 2.16. The van der Waals surface area contributed by atoms with Crippen molar-refractivity contribution in [2.24, 2.45) is 0 Å². The van der Waals surface area contributed by atoms with Gasteiger partial charge in [-0.15, -0.1) is 0 Å². The maximum absolute atomic E-state index is 11.9. The molecular formula is C12H14O2S2. The first-order valence-electron chi connectivity index (χ1n) is 4.92. The molecule has 0 spiro atoms. The van der Waals surface area contributed by atoms with Crippen LogP contribution in [0.25, 0.3) is 0 Å². The van der Waals surface area contributed by atoms with Crippen molar-refractivity contribution < 1.29 is 8.42 Å². The van der Waals surface area contributed by atoms with Crippen LogP contribution in [0.3, 0.4) is 0 Å². The molecule has 0 fully saturated rings. The monoisotopic (exact) mass is 254 g/mol. The molecule has 2 nitrogen and oxygen atoms in total. The van der Waals surface area contributed by atoms with Gasteiger partial charge in [0.15, 0.2) is 9.84 Å². The summed E-state index contributed by atoms with van der Waals surface area (Å²) in [5.74, 6) is 6.11. The molecule has 0 aliphatic carbocycles. The van der Waals surface area contributed by atoms with Gasteiger partial charge < -0.3 is 0 Å². The number of sulfone groups is 1. The van der Waals surface area contributed by atoms with E-state index in [9.17, 15) is 8.42 Å². The molecule has 0 aliphatic rings. The van der Waals surface area contributed by atoms with Gasteiger partial charge in [0.05, 0.1) is 15.9 Å². The Kier molecular flexibility index (Phi) is 4.45. The van der Waals surface area contributed by atoms with Gasteiger partial charge in [0, 0.05) is 5.56 Å². The van der Waals surface area contributed by atoms with Crippen LogP contribution in [0.2, 0.25) is 0 Å². The Morgan fingerprint density at radius 1 is 1.38 bits per heavy atom. The highest BCUT2D eigenvalue weighted by molar-refractivity contribution is 7.92. The van der Waals surface area contributed by atoms with Crippen LogP contribution in [0.15, 0.2) is 29.2 Å². The molecule has 4 heteroatoms. The lowest BCUT2D eigenvalue weighted by Crippen LogP contribution is -2.13. The van der Waals surface area contributed by atoms with Crippen molar-refractivity contribution in [2.45, 2.75) is 24.0 Å². The number of benzene rings is 1. The number of hydrogen-bond acceptors (Lipinski definition) is 3. The van der Waals surface area contributed by atoms with Crippen LogP contribution in [0, 0.1) is 11.8 Å². The zero-order valence-corrected chi connectivity index (χ0v) is 11.0. The third-order valence-corrected chi connectivity index (χ3v) is 4.41. The van der Waals surface area contributed by atoms with E-state index in [2.05, 4.69) is 24.5 Å². The summed E-state index contributed by atoms with van der Waals surface area (Å²) in [6.45, 7) is 3.34. The average Bonchev–Trinajstić information content (AvgIpc) is 2.26. The van der Waals surface area contributed by atoms with Crippen LogP contribution in [0.5, 0.6) is 0 Å². The van der Waals surface area contributed by atoms with Gasteiger partial charge in [-0.25, -0.2) is 8.42 Å². The Morgan fingerprint density at radius 2 is 2.06 bits per heavy atom. The van der Waals surface area contributed by atoms with E-state index in [-0.39, 0.29) is 0 Å². The van der Waals surface area contributed by atoms with E-state index in [4.69, 9.17) is 0 Å². The van der Waals surface area contributed by atoms with Crippen LogP contribution in [0.4, 0.5) is 0 Å². The number of rotatable bonds is 2. The summed E-state index contributed by atoms with van der Waals surface area (Å²) in [7, 11) is -3.21. The minimum absolute atomic E-state index is 0.327. The highest BCUT2D eigenvalue weighted by Gasteiger charge is 2.18. The second kappa shape index (κ2) is 5.42. The normalized spacial score (nSPS) is 11.0. The molecule has 16 heavy (non-hydrogen) atoms. The van der Waals surface area contributed by atoms with Crippen molar-refractivity contribution in [3.05, 3.63) is 29.8 Å². The zero-order valence-electron chi connectivity index (χ0n) is 9.27. The van der Waals surface area contributed by atoms with E-state index in [1.165, 1.54) is 0 Å². The second-order valence-corrected chi connectivity index (χ2v) is 6.40. The van der Waals surface area contributed by atoms with Crippen LogP contribution in [-0.2, 0) is 9.84 Å². The van der Waals surface area contributed by atoms with E-state index in [1.807, 2.05) is 0 Å². The summed E-state index contributed by atoms with van der Waals surface area (Å²) >= 11 is 3.97. The third kappa shape index (κ3) is 3.03. The molecule has 0 N–H and O–H groups in total. The standard InChI is InChI=1S/C12H14O2S2/c1-10(2)16(13,14)12-7-3-5-11(9-12)6-4-8-15/h3,5,7,9-10,15H,8H2,1-2H3. The van der Waals surface area contributed by atoms with Gasteiger partial charge >= 0.3 is 0 Å². The van der Waals surface area contributed by atoms with Crippen LogP contribution < -0.4 is 0 Å². The summed E-state index contributed by atoms with van der Waals surface area (Å²) in [6.07, 6.45) is 0. The lowest BCUT2D eigenvalue weighted by molar-refractivity contribution is 0.587. The van der Waals surface area contributed by atoms with Crippen molar-refractivity contribution >= 4 is 22.5 Å². The van der Waals surface area contributed by atoms with E-state index in [0.717, 1.165) is 0 Å². The molecule has 0 aliphatic heterocycles. The molecule has 0 heterocycles. The first-order valence-corrected chi connectivity index (χ1v) is 7.10. The molecule has 0 radical (unpaired) electrons. The predicted molar refractivity (Wildman–Crippen MR) is 69.5 cm³/mol. The fourth-order valence-electron chi connectivity index (χ4n) is 1.16. The molecule has 0 bridgehead atoms. The van der Waals surface area contributed by atoms with Gasteiger partial charge in [0.25, 0.3) is 0 Å². The number of hydrogen-bond donors (Lipinski definition) is 1. The van der Waals surface area contributed by atoms with E-state index in [0.29, 0.717) is 16.2 Å². The Labute approximate surface area is 102 Å². The van der Waals surface area contributed by atoms with E-state index < -0.39 is 15.1 Å². The average molecular weight is 254 g/mol. The molecule has 0 aromatic heterocycles. The summed E-state index contributed by atoms with van der Waals surface area (Å²) in [4.78, 5) is 0.327. The van der Waals surface area contributed by atoms with Gasteiger partial charge in [-0.3, -0.25) is 0 Å². The van der Waals surface area contributed by atoms with Crippen molar-refractivity contribution in [3.8, 4) is 11.8 Å².